The Balaban J connectivity index is 2.14. The van der Waals surface area contributed by atoms with Gasteiger partial charge < -0.3 is 4.57 Å². The molecule has 1 aromatic heterocycles. The van der Waals surface area contributed by atoms with E-state index in [1.165, 1.54) is 0 Å². The molecule has 0 amide bonds. The van der Waals surface area contributed by atoms with Gasteiger partial charge in [-0.05, 0) is 35.9 Å². The van der Waals surface area contributed by atoms with Crippen molar-refractivity contribution >= 4 is 23.5 Å². The fourth-order valence-electron chi connectivity index (χ4n) is 1.55. The summed E-state index contributed by atoms with van der Waals surface area (Å²) in [5, 5.41) is 0.691. The summed E-state index contributed by atoms with van der Waals surface area (Å²) in [7, 11) is 1.85. The van der Waals surface area contributed by atoms with E-state index < -0.39 is 0 Å². The summed E-state index contributed by atoms with van der Waals surface area (Å²) in [5.41, 5.74) is 1.63. The minimum Gasteiger partial charge on any atom is -0.348 e. The van der Waals surface area contributed by atoms with Crippen molar-refractivity contribution in [2.24, 2.45) is 7.05 Å². The maximum Gasteiger partial charge on any atom is 0.202 e. The van der Waals surface area contributed by atoms with E-state index in [2.05, 4.69) is 0 Å². The Hall–Kier alpha value is -1.80. The van der Waals surface area contributed by atoms with Gasteiger partial charge in [-0.1, -0.05) is 29.8 Å². The number of aromatic nitrogens is 1. The van der Waals surface area contributed by atoms with Crippen molar-refractivity contribution in [1.29, 1.82) is 0 Å². The molecule has 1 heterocycles. The van der Waals surface area contributed by atoms with Crippen molar-refractivity contribution in [3.63, 3.8) is 0 Å². The summed E-state index contributed by atoms with van der Waals surface area (Å²) in [5.74, 6) is -0.00699. The summed E-state index contributed by atoms with van der Waals surface area (Å²) in [6.07, 6.45) is 5.20. The minimum atomic E-state index is -0.00699. The molecule has 2 rings (SSSR count). The molecular weight excluding hydrogens is 234 g/mol. The lowest BCUT2D eigenvalue weighted by Gasteiger charge is -1.97. The zero-order valence-corrected chi connectivity index (χ0v) is 10.2. The Morgan fingerprint density at radius 1 is 1.24 bits per heavy atom. The van der Waals surface area contributed by atoms with Gasteiger partial charge in [-0.15, -0.1) is 0 Å². The van der Waals surface area contributed by atoms with Gasteiger partial charge in [0.05, 0.1) is 5.69 Å². The van der Waals surface area contributed by atoms with Crippen LogP contribution in [0.2, 0.25) is 5.02 Å². The average molecular weight is 246 g/mol. The van der Waals surface area contributed by atoms with Crippen molar-refractivity contribution in [2.45, 2.75) is 0 Å². The van der Waals surface area contributed by atoms with Crippen LogP contribution >= 0.6 is 11.6 Å². The van der Waals surface area contributed by atoms with E-state index >= 15 is 0 Å². The second-order valence-corrected chi connectivity index (χ2v) is 4.19. The van der Waals surface area contributed by atoms with Gasteiger partial charge in [-0.2, -0.15) is 0 Å². The van der Waals surface area contributed by atoms with Gasteiger partial charge in [0.1, 0.15) is 0 Å². The molecule has 0 aliphatic heterocycles. The summed E-state index contributed by atoms with van der Waals surface area (Å²) < 4.78 is 1.80. The summed E-state index contributed by atoms with van der Waals surface area (Å²) >= 11 is 5.78. The third kappa shape index (κ3) is 2.86. The average Bonchev–Trinajstić information content (AvgIpc) is 2.74. The van der Waals surface area contributed by atoms with Gasteiger partial charge in [-0.25, -0.2) is 0 Å². The Labute approximate surface area is 105 Å². The molecule has 0 aliphatic rings. The van der Waals surface area contributed by atoms with E-state index in [-0.39, 0.29) is 5.78 Å². The van der Waals surface area contributed by atoms with E-state index in [0.29, 0.717) is 10.7 Å². The molecule has 3 heteroatoms. The van der Waals surface area contributed by atoms with E-state index in [1.54, 1.807) is 34.9 Å². The highest BCUT2D eigenvalue weighted by molar-refractivity contribution is 6.30. The molecule has 0 spiro atoms. The molecule has 0 saturated carbocycles. The van der Waals surface area contributed by atoms with Gasteiger partial charge >= 0.3 is 0 Å². The Morgan fingerprint density at radius 2 is 1.94 bits per heavy atom. The highest BCUT2D eigenvalue weighted by Gasteiger charge is 2.04. The molecule has 0 atom stereocenters. The number of hydrogen-bond donors (Lipinski definition) is 0. The zero-order valence-electron chi connectivity index (χ0n) is 9.43. The molecule has 2 aromatic rings. The maximum atomic E-state index is 11.8. The first-order valence-electron chi connectivity index (χ1n) is 5.26. The predicted molar refractivity (Wildman–Crippen MR) is 70.2 cm³/mol. The highest BCUT2D eigenvalue weighted by atomic mass is 35.5. The third-order valence-electron chi connectivity index (χ3n) is 2.49. The van der Waals surface area contributed by atoms with Crippen LogP contribution in [-0.4, -0.2) is 10.4 Å². The van der Waals surface area contributed by atoms with Crippen LogP contribution < -0.4 is 0 Å². The Bertz CT molecular complexity index is 552. The number of ketones is 1. The lowest BCUT2D eigenvalue weighted by molar-refractivity contribution is 0.104. The first-order valence-corrected chi connectivity index (χ1v) is 5.64. The first-order chi connectivity index (χ1) is 8.16. The van der Waals surface area contributed by atoms with Crippen LogP contribution in [-0.2, 0) is 7.05 Å². The Morgan fingerprint density at radius 3 is 2.53 bits per heavy atom. The van der Waals surface area contributed by atoms with Crippen molar-refractivity contribution < 1.29 is 4.79 Å². The molecule has 0 unspecified atom stereocenters. The molecule has 1 aromatic carbocycles. The monoisotopic (exact) mass is 245 g/mol. The standard InChI is InChI=1S/C14H12ClNO/c1-16-10-2-3-13(16)14(17)9-6-11-4-7-12(15)8-5-11/h2-10H,1H3/b9-6+. The number of benzene rings is 1. The molecule has 0 fully saturated rings. The molecule has 0 bridgehead atoms. The molecule has 2 nitrogen and oxygen atoms in total. The summed E-state index contributed by atoms with van der Waals surface area (Å²) in [6.45, 7) is 0. The number of allylic oxidation sites excluding steroid dienone is 1. The minimum absolute atomic E-state index is 0.00699. The van der Waals surface area contributed by atoms with E-state index in [4.69, 9.17) is 11.6 Å². The number of carbonyl (C=O) groups excluding carboxylic acids is 1. The van der Waals surface area contributed by atoms with Crippen LogP contribution in [0.15, 0.2) is 48.7 Å². The van der Waals surface area contributed by atoms with Gasteiger partial charge in [0.25, 0.3) is 0 Å². The predicted octanol–water partition coefficient (Wildman–Crippen LogP) is 3.57. The largest absolute Gasteiger partial charge is 0.348 e. The number of hydrogen-bond acceptors (Lipinski definition) is 1. The van der Waals surface area contributed by atoms with Crippen molar-refractivity contribution in [1.82, 2.24) is 4.57 Å². The van der Waals surface area contributed by atoms with Gasteiger partial charge in [0.15, 0.2) is 0 Å². The zero-order chi connectivity index (χ0) is 12.3. The van der Waals surface area contributed by atoms with Gasteiger partial charge in [-0.3, -0.25) is 4.79 Å². The van der Waals surface area contributed by atoms with Crippen LogP contribution in [0.4, 0.5) is 0 Å². The summed E-state index contributed by atoms with van der Waals surface area (Å²) in [6, 6.07) is 11.0. The van der Waals surface area contributed by atoms with E-state index in [9.17, 15) is 4.79 Å². The number of aryl methyl sites for hydroxylation is 1. The third-order valence-corrected chi connectivity index (χ3v) is 2.75. The first kappa shape index (κ1) is 11.7. The van der Waals surface area contributed by atoms with Gasteiger partial charge in [0, 0.05) is 18.3 Å². The second kappa shape index (κ2) is 5.02. The molecule has 0 radical (unpaired) electrons. The fourth-order valence-corrected chi connectivity index (χ4v) is 1.67. The second-order valence-electron chi connectivity index (χ2n) is 3.75. The van der Waals surface area contributed by atoms with Crippen molar-refractivity contribution in [2.75, 3.05) is 0 Å². The van der Waals surface area contributed by atoms with Crippen LogP contribution in [0.5, 0.6) is 0 Å². The van der Waals surface area contributed by atoms with Crippen LogP contribution in [0.1, 0.15) is 16.1 Å². The molecular formula is C14H12ClNO. The number of carbonyl (C=O) groups is 1. The maximum absolute atomic E-state index is 11.8. The van der Waals surface area contributed by atoms with Crippen molar-refractivity contribution in [3.05, 3.63) is 65.0 Å². The quantitative estimate of drug-likeness (QED) is 0.599. The lowest BCUT2D eigenvalue weighted by Crippen LogP contribution is -2.01. The van der Waals surface area contributed by atoms with Gasteiger partial charge in [0.2, 0.25) is 5.78 Å². The fraction of sp³-hybridized carbons (Fsp3) is 0.0714. The van der Waals surface area contributed by atoms with Crippen LogP contribution in [0.25, 0.3) is 6.08 Å². The molecule has 0 aliphatic carbocycles. The molecule has 17 heavy (non-hydrogen) atoms. The Kier molecular flexibility index (Phi) is 3.45. The topological polar surface area (TPSA) is 22.0 Å². The summed E-state index contributed by atoms with van der Waals surface area (Å²) in [4.78, 5) is 11.8. The highest BCUT2D eigenvalue weighted by Crippen LogP contribution is 2.11. The number of halogens is 1. The smallest absolute Gasteiger partial charge is 0.202 e. The van der Waals surface area contributed by atoms with Crippen LogP contribution in [0.3, 0.4) is 0 Å². The lowest BCUT2D eigenvalue weighted by atomic mass is 10.2. The van der Waals surface area contributed by atoms with E-state index in [0.717, 1.165) is 5.56 Å². The molecule has 0 saturated heterocycles. The SMILES string of the molecule is Cn1cccc1C(=O)/C=C/c1ccc(Cl)cc1. The van der Waals surface area contributed by atoms with Crippen molar-refractivity contribution in [3.8, 4) is 0 Å². The molecule has 86 valence electrons. The normalized spacial score (nSPS) is 10.9. The van der Waals surface area contributed by atoms with Crippen LogP contribution in [0, 0.1) is 0 Å². The number of rotatable bonds is 3. The molecule has 0 N–H and O–H groups in total. The number of nitrogens with zero attached hydrogens (tertiary/aromatic N) is 1. The van der Waals surface area contributed by atoms with E-state index in [1.807, 2.05) is 31.4 Å².